The Morgan fingerprint density at radius 1 is 1.14 bits per heavy atom. The summed E-state index contributed by atoms with van der Waals surface area (Å²) in [5, 5.41) is 7.44. The second-order valence-corrected chi connectivity index (χ2v) is 8.28. The minimum absolute atomic E-state index is 0.0646. The molecule has 0 saturated carbocycles. The van der Waals surface area contributed by atoms with Crippen LogP contribution in [0.5, 0.6) is 5.75 Å². The summed E-state index contributed by atoms with van der Waals surface area (Å²) in [7, 11) is 0. The molecule has 4 heterocycles. The summed E-state index contributed by atoms with van der Waals surface area (Å²) < 4.78 is 5.85. The highest BCUT2D eigenvalue weighted by molar-refractivity contribution is 5.96. The predicted molar refractivity (Wildman–Crippen MR) is 107 cm³/mol. The van der Waals surface area contributed by atoms with E-state index in [1.807, 2.05) is 29.2 Å². The fraction of sp³-hybridized carbons (Fsp3) is 0.545. The van der Waals surface area contributed by atoms with Crippen LogP contribution >= 0.6 is 0 Å². The molecule has 2 saturated heterocycles. The van der Waals surface area contributed by atoms with Crippen molar-refractivity contribution in [3.63, 3.8) is 0 Å². The Bertz CT molecular complexity index is 848. The minimum Gasteiger partial charge on any atom is -0.488 e. The smallest absolute Gasteiger partial charge is 0.272 e. The molecular weight excluding hydrogens is 352 g/mol. The van der Waals surface area contributed by atoms with E-state index in [9.17, 15) is 4.79 Å². The molecule has 6 nitrogen and oxygen atoms in total. The molecule has 5 rings (SSSR count). The van der Waals surface area contributed by atoms with Gasteiger partial charge in [0.05, 0.1) is 0 Å². The molecular formula is C22H28N4O2. The largest absolute Gasteiger partial charge is 0.488 e. The lowest BCUT2D eigenvalue weighted by molar-refractivity contribution is 0.0673. The van der Waals surface area contributed by atoms with Crippen molar-refractivity contribution in [2.24, 2.45) is 5.92 Å². The molecule has 0 aliphatic carbocycles. The zero-order valence-corrected chi connectivity index (χ0v) is 16.3. The van der Waals surface area contributed by atoms with Gasteiger partial charge < -0.3 is 14.5 Å². The van der Waals surface area contributed by atoms with Gasteiger partial charge >= 0.3 is 0 Å². The Hall–Kier alpha value is -2.34. The monoisotopic (exact) mass is 380 g/mol. The molecule has 28 heavy (non-hydrogen) atoms. The van der Waals surface area contributed by atoms with Gasteiger partial charge in [-0.1, -0.05) is 12.1 Å². The van der Waals surface area contributed by atoms with Gasteiger partial charge in [-0.3, -0.25) is 9.89 Å². The number of amides is 1. The van der Waals surface area contributed by atoms with E-state index < -0.39 is 0 Å². The van der Waals surface area contributed by atoms with Crippen LogP contribution in [0.4, 0.5) is 0 Å². The Labute approximate surface area is 165 Å². The summed E-state index contributed by atoms with van der Waals surface area (Å²) in [6.45, 7) is 5.85. The van der Waals surface area contributed by atoms with E-state index in [1.165, 1.54) is 38.9 Å². The molecule has 0 radical (unpaired) electrons. The molecule has 3 aliphatic rings. The first kappa shape index (κ1) is 17.7. The molecule has 0 bridgehead atoms. The van der Waals surface area contributed by atoms with Gasteiger partial charge in [0.2, 0.25) is 0 Å². The van der Waals surface area contributed by atoms with E-state index in [4.69, 9.17) is 4.74 Å². The number of ether oxygens (including phenoxy) is 1. The molecule has 148 valence electrons. The number of piperidine rings is 1. The van der Waals surface area contributed by atoms with Crippen molar-refractivity contribution in [3.05, 3.63) is 35.5 Å². The zero-order chi connectivity index (χ0) is 18.9. The van der Waals surface area contributed by atoms with E-state index in [2.05, 4.69) is 15.1 Å². The SMILES string of the molecule is O=C(c1[nH]nc2c1COc1ccccc1-2)N1CCC(CCN2CCCC2)CC1. The topological polar surface area (TPSA) is 61.5 Å². The summed E-state index contributed by atoms with van der Waals surface area (Å²) in [6.07, 6.45) is 6.20. The minimum atomic E-state index is 0.0646. The van der Waals surface area contributed by atoms with Crippen LogP contribution in [-0.4, -0.2) is 58.6 Å². The number of para-hydroxylation sites is 1. The highest BCUT2D eigenvalue weighted by Gasteiger charge is 2.30. The van der Waals surface area contributed by atoms with Crippen LogP contribution in [0, 0.1) is 5.92 Å². The second-order valence-electron chi connectivity index (χ2n) is 8.28. The molecule has 1 amide bonds. The average Bonchev–Trinajstić information content (AvgIpc) is 3.42. The Morgan fingerprint density at radius 3 is 2.75 bits per heavy atom. The van der Waals surface area contributed by atoms with E-state index in [1.54, 1.807) is 0 Å². The summed E-state index contributed by atoms with van der Waals surface area (Å²) in [4.78, 5) is 17.7. The van der Waals surface area contributed by atoms with E-state index in [0.717, 1.165) is 54.4 Å². The maximum atomic E-state index is 13.1. The molecule has 0 spiro atoms. The van der Waals surface area contributed by atoms with Crippen molar-refractivity contribution in [2.45, 2.75) is 38.7 Å². The van der Waals surface area contributed by atoms with Gasteiger partial charge in [0, 0.05) is 24.2 Å². The maximum absolute atomic E-state index is 13.1. The van der Waals surface area contributed by atoms with Gasteiger partial charge in [0.1, 0.15) is 23.7 Å². The molecule has 2 aromatic rings. The Kier molecular flexibility index (Phi) is 4.81. The number of carbonyl (C=O) groups excluding carboxylic acids is 1. The van der Waals surface area contributed by atoms with Crippen LogP contribution in [0.3, 0.4) is 0 Å². The van der Waals surface area contributed by atoms with Crippen molar-refractivity contribution in [1.29, 1.82) is 0 Å². The standard InChI is InChI=1S/C22H28N4O2/c27-22(26-13-8-16(9-14-26)7-12-25-10-3-4-11-25)21-18-15-28-19-6-2-1-5-17(19)20(18)23-24-21/h1-2,5-6,16H,3-4,7-15H2,(H,23,24). The summed E-state index contributed by atoms with van der Waals surface area (Å²) in [5.74, 6) is 1.64. The number of rotatable bonds is 4. The quantitative estimate of drug-likeness (QED) is 0.884. The highest BCUT2D eigenvalue weighted by Crippen LogP contribution is 2.37. The fourth-order valence-corrected chi connectivity index (χ4v) is 4.80. The molecule has 6 heteroatoms. The zero-order valence-electron chi connectivity index (χ0n) is 16.3. The molecule has 0 unspecified atom stereocenters. The number of aromatic nitrogens is 2. The summed E-state index contributed by atoms with van der Waals surface area (Å²) in [6, 6.07) is 7.87. The molecule has 1 N–H and O–H groups in total. The first-order chi connectivity index (χ1) is 13.8. The van der Waals surface area contributed by atoms with Crippen LogP contribution in [0.1, 0.15) is 48.2 Å². The fourth-order valence-electron chi connectivity index (χ4n) is 4.80. The third-order valence-corrected chi connectivity index (χ3v) is 6.55. The number of benzene rings is 1. The average molecular weight is 380 g/mol. The number of nitrogens with zero attached hydrogens (tertiary/aromatic N) is 3. The Morgan fingerprint density at radius 2 is 1.93 bits per heavy atom. The molecule has 0 atom stereocenters. The van der Waals surface area contributed by atoms with Crippen LogP contribution in [0.15, 0.2) is 24.3 Å². The maximum Gasteiger partial charge on any atom is 0.272 e. The van der Waals surface area contributed by atoms with Crippen molar-refractivity contribution in [3.8, 4) is 17.0 Å². The number of aromatic amines is 1. The lowest BCUT2D eigenvalue weighted by Crippen LogP contribution is -2.39. The molecule has 2 fully saturated rings. The third kappa shape index (κ3) is 3.30. The first-order valence-electron chi connectivity index (χ1n) is 10.6. The first-order valence-corrected chi connectivity index (χ1v) is 10.6. The third-order valence-electron chi connectivity index (χ3n) is 6.55. The van der Waals surface area contributed by atoms with Gasteiger partial charge in [-0.05, 0) is 69.8 Å². The molecule has 1 aromatic carbocycles. The van der Waals surface area contributed by atoms with Crippen molar-refractivity contribution >= 4 is 5.91 Å². The van der Waals surface area contributed by atoms with Crippen molar-refractivity contribution in [1.82, 2.24) is 20.0 Å². The highest BCUT2D eigenvalue weighted by atomic mass is 16.5. The van der Waals surface area contributed by atoms with Crippen LogP contribution in [-0.2, 0) is 6.61 Å². The van der Waals surface area contributed by atoms with Gasteiger partial charge in [-0.15, -0.1) is 0 Å². The van der Waals surface area contributed by atoms with E-state index >= 15 is 0 Å². The summed E-state index contributed by atoms with van der Waals surface area (Å²) >= 11 is 0. The van der Waals surface area contributed by atoms with Crippen molar-refractivity contribution in [2.75, 3.05) is 32.7 Å². The number of nitrogens with one attached hydrogen (secondary N) is 1. The summed E-state index contributed by atoms with van der Waals surface area (Å²) in [5.41, 5.74) is 3.30. The number of H-pyrrole nitrogens is 1. The van der Waals surface area contributed by atoms with Gasteiger partial charge in [-0.25, -0.2) is 0 Å². The normalized spacial score (nSPS) is 19.9. The van der Waals surface area contributed by atoms with Crippen LogP contribution in [0.2, 0.25) is 0 Å². The van der Waals surface area contributed by atoms with Crippen LogP contribution in [0.25, 0.3) is 11.3 Å². The van der Waals surface area contributed by atoms with E-state index in [-0.39, 0.29) is 5.91 Å². The van der Waals surface area contributed by atoms with Gasteiger partial charge in [0.15, 0.2) is 0 Å². The lowest BCUT2D eigenvalue weighted by atomic mass is 9.93. The van der Waals surface area contributed by atoms with Gasteiger partial charge in [0.25, 0.3) is 5.91 Å². The predicted octanol–water partition coefficient (Wildman–Crippen LogP) is 3.31. The van der Waals surface area contributed by atoms with E-state index in [0.29, 0.717) is 12.3 Å². The number of hydrogen-bond donors (Lipinski definition) is 1. The Balaban J connectivity index is 1.22. The van der Waals surface area contributed by atoms with Gasteiger partial charge in [-0.2, -0.15) is 5.10 Å². The lowest BCUT2D eigenvalue weighted by Gasteiger charge is -2.32. The number of fused-ring (bicyclic) bond motifs is 3. The number of carbonyl (C=O) groups is 1. The molecule has 3 aliphatic heterocycles. The number of likely N-dealkylation sites (tertiary alicyclic amines) is 2. The number of hydrogen-bond acceptors (Lipinski definition) is 4. The molecule has 1 aromatic heterocycles. The van der Waals surface area contributed by atoms with Crippen molar-refractivity contribution < 1.29 is 9.53 Å². The second kappa shape index (κ2) is 7.59. The van der Waals surface area contributed by atoms with Crippen LogP contribution < -0.4 is 4.74 Å².